The van der Waals surface area contributed by atoms with Gasteiger partial charge in [0.25, 0.3) is 0 Å². The molecule has 0 aromatic carbocycles. The Hall–Kier alpha value is -2.02. The maximum atomic E-state index is 5.57. The number of nitrogens with two attached hydrogens (primary N) is 1. The molecular weight excluding hydrogens is 284 g/mol. The summed E-state index contributed by atoms with van der Waals surface area (Å²) >= 11 is 3.32. The number of pyridine rings is 1. The van der Waals surface area contributed by atoms with Gasteiger partial charge in [-0.2, -0.15) is 4.98 Å². The molecule has 0 spiro atoms. The third kappa shape index (κ3) is 1.74. The number of nitrogens with zero attached hydrogens (tertiary/aromatic N) is 5. The second kappa shape index (κ2) is 3.77. The lowest BCUT2D eigenvalue weighted by atomic mass is 10.4. The van der Waals surface area contributed by atoms with Crippen LogP contribution in [0.5, 0.6) is 0 Å². The molecule has 0 bridgehead atoms. The largest absolute Gasteiger partial charge is 0.368 e. The fourth-order valence-corrected chi connectivity index (χ4v) is 1.91. The van der Waals surface area contributed by atoms with Crippen LogP contribution in [0.3, 0.4) is 0 Å². The number of hydrogen-bond acceptors (Lipinski definition) is 5. The highest BCUT2D eigenvalue weighted by Gasteiger charge is 2.07. The molecule has 3 aromatic rings. The van der Waals surface area contributed by atoms with Gasteiger partial charge in [-0.1, -0.05) is 0 Å². The minimum atomic E-state index is 0.229. The van der Waals surface area contributed by atoms with Crippen LogP contribution in [-0.2, 0) is 0 Å². The Kier molecular flexibility index (Phi) is 2.25. The first-order valence-corrected chi connectivity index (χ1v) is 5.61. The maximum absolute atomic E-state index is 5.57. The van der Waals surface area contributed by atoms with Crippen LogP contribution in [-0.4, -0.2) is 24.5 Å². The summed E-state index contributed by atoms with van der Waals surface area (Å²) in [5.74, 6) is 0.229. The molecule has 3 heterocycles. The van der Waals surface area contributed by atoms with E-state index in [1.165, 1.54) is 0 Å². The van der Waals surface area contributed by atoms with E-state index in [4.69, 9.17) is 5.73 Å². The topological polar surface area (TPSA) is 82.5 Å². The number of imidazole rings is 1. The molecule has 2 N–H and O–H groups in total. The van der Waals surface area contributed by atoms with Crippen molar-refractivity contribution < 1.29 is 0 Å². The number of aromatic nitrogens is 5. The van der Waals surface area contributed by atoms with Crippen LogP contribution in [0, 0.1) is 0 Å². The summed E-state index contributed by atoms with van der Waals surface area (Å²) in [5.41, 5.74) is 7.86. The Morgan fingerprint density at radius 3 is 2.94 bits per heavy atom. The summed E-state index contributed by atoms with van der Waals surface area (Å²) in [6, 6.07) is 3.74. The van der Waals surface area contributed by atoms with Crippen molar-refractivity contribution in [3.63, 3.8) is 0 Å². The number of fused-ring (bicyclic) bond motifs is 1. The van der Waals surface area contributed by atoms with Gasteiger partial charge in [-0.15, -0.1) is 0 Å². The smallest absolute Gasteiger partial charge is 0.222 e. The minimum Gasteiger partial charge on any atom is -0.368 e. The summed E-state index contributed by atoms with van der Waals surface area (Å²) in [7, 11) is 0. The van der Waals surface area contributed by atoms with Crippen LogP contribution in [0.2, 0.25) is 0 Å². The highest BCUT2D eigenvalue weighted by molar-refractivity contribution is 9.10. The molecule has 0 aliphatic carbocycles. The van der Waals surface area contributed by atoms with Gasteiger partial charge in [-0.05, 0) is 28.1 Å². The molecule has 0 fully saturated rings. The monoisotopic (exact) mass is 290 g/mol. The molecule has 6 nitrogen and oxygen atoms in total. The first-order valence-electron chi connectivity index (χ1n) is 4.81. The predicted octanol–water partition coefficient (Wildman–Crippen LogP) is 1.56. The Morgan fingerprint density at radius 2 is 2.12 bits per heavy atom. The quantitative estimate of drug-likeness (QED) is 0.688. The van der Waals surface area contributed by atoms with Gasteiger partial charge in [0.2, 0.25) is 5.95 Å². The number of nitrogen functional groups attached to an aromatic ring is 1. The van der Waals surface area contributed by atoms with Crippen LogP contribution in [0.1, 0.15) is 0 Å². The molecular formula is C10H7BrN6. The summed E-state index contributed by atoms with van der Waals surface area (Å²) in [6.45, 7) is 0. The fourth-order valence-electron chi connectivity index (χ4n) is 1.55. The molecule has 7 heteroatoms. The number of halogens is 1. The van der Waals surface area contributed by atoms with E-state index in [9.17, 15) is 0 Å². The van der Waals surface area contributed by atoms with E-state index in [0.29, 0.717) is 11.2 Å². The van der Waals surface area contributed by atoms with Crippen molar-refractivity contribution in [1.82, 2.24) is 24.5 Å². The highest BCUT2D eigenvalue weighted by Crippen LogP contribution is 2.18. The molecule has 0 aliphatic heterocycles. The van der Waals surface area contributed by atoms with Crippen molar-refractivity contribution in [3.8, 4) is 5.69 Å². The molecule has 3 rings (SSSR count). The summed E-state index contributed by atoms with van der Waals surface area (Å²) in [5, 5.41) is 0. The molecule has 3 aromatic heterocycles. The first-order chi connectivity index (χ1) is 8.24. The third-order valence-corrected chi connectivity index (χ3v) is 2.73. The highest BCUT2D eigenvalue weighted by atomic mass is 79.9. The molecule has 0 radical (unpaired) electrons. The lowest BCUT2D eigenvalue weighted by Crippen LogP contribution is -1.98. The van der Waals surface area contributed by atoms with Gasteiger partial charge in [0, 0.05) is 6.20 Å². The van der Waals surface area contributed by atoms with Gasteiger partial charge in [0.05, 0.1) is 11.9 Å². The standard InChI is InChI=1S/C10H7BrN6/c11-8-3-6(1-2-13-8)17-5-15-7-4-14-10(12)16-9(7)17/h1-5H,(H2,12,14,16). The summed E-state index contributed by atoms with van der Waals surface area (Å²) in [4.78, 5) is 16.4. The molecule has 0 unspecified atom stereocenters. The molecule has 0 saturated heterocycles. The zero-order valence-corrected chi connectivity index (χ0v) is 10.2. The van der Waals surface area contributed by atoms with E-state index in [1.54, 1.807) is 18.7 Å². The number of hydrogen-bond donors (Lipinski definition) is 1. The zero-order chi connectivity index (χ0) is 11.8. The SMILES string of the molecule is Nc1ncc2ncn(-c3ccnc(Br)c3)c2n1. The lowest BCUT2D eigenvalue weighted by molar-refractivity contribution is 1.05. The molecule has 0 aliphatic rings. The predicted molar refractivity (Wildman–Crippen MR) is 66.6 cm³/mol. The van der Waals surface area contributed by atoms with Crippen LogP contribution in [0.4, 0.5) is 5.95 Å². The van der Waals surface area contributed by atoms with E-state index < -0.39 is 0 Å². The fraction of sp³-hybridized carbons (Fsp3) is 0. The van der Waals surface area contributed by atoms with Crippen molar-refractivity contribution in [2.45, 2.75) is 0 Å². The Morgan fingerprint density at radius 1 is 1.24 bits per heavy atom. The van der Waals surface area contributed by atoms with E-state index >= 15 is 0 Å². The Labute approximate surface area is 105 Å². The third-order valence-electron chi connectivity index (χ3n) is 2.30. The van der Waals surface area contributed by atoms with E-state index in [0.717, 1.165) is 10.3 Å². The average molecular weight is 291 g/mol. The summed E-state index contributed by atoms with van der Waals surface area (Å²) in [6.07, 6.45) is 4.99. The van der Waals surface area contributed by atoms with E-state index in [-0.39, 0.29) is 5.95 Å². The first kappa shape index (κ1) is 10.2. The van der Waals surface area contributed by atoms with Crippen molar-refractivity contribution in [3.05, 3.63) is 35.5 Å². The van der Waals surface area contributed by atoms with Crippen LogP contribution in [0.25, 0.3) is 16.9 Å². The van der Waals surface area contributed by atoms with Gasteiger partial charge in [-0.3, -0.25) is 4.57 Å². The second-order valence-electron chi connectivity index (χ2n) is 3.39. The Bertz CT molecular complexity index is 692. The van der Waals surface area contributed by atoms with E-state index in [2.05, 4.69) is 35.9 Å². The van der Waals surface area contributed by atoms with Crippen LogP contribution in [0.15, 0.2) is 35.5 Å². The van der Waals surface area contributed by atoms with Crippen LogP contribution >= 0.6 is 15.9 Å². The van der Waals surface area contributed by atoms with E-state index in [1.807, 2.05) is 16.7 Å². The van der Waals surface area contributed by atoms with Gasteiger partial charge < -0.3 is 5.73 Å². The minimum absolute atomic E-state index is 0.229. The van der Waals surface area contributed by atoms with Crippen molar-refractivity contribution in [2.75, 3.05) is 5.73 Å². The summed E-state index contributed by atoms with van der Waals surface area (Å²) < 4.78 is 2.58. The molecule has 0 atom stereocenters. The van der Waals surface area contributed by atoms with Crippen molar-refractivity contribution >= 4 is 33.0 Å². The van der Waals surface area contributed by atoms with Crippen molar-refractivity contribution in [2.24, 2.45) is 0 Å². The Balaban J connectivity index is 2.27. The molecule has 84 valence electrons. The molecule has 0 amide bonds. The zero-order valence-electron chi connectivity index (χ0n) is 8.58. The van der Waals surface area contributed by atoms with Gasteiger partial charge in [-0.25, -0.2) is 15.0 Å². The molecule has 17 heavy (non-hydrogen) atoms. The maximum Gasteiger partial charge on any atom is 0.222 e. The van der Waals surface area contributed by atoms with Crippen LogP contribution < -0.4 is 5.73 Å². The van der Waals surface area contributed by atoms with Gasteiger partial charge >= 0.3 is 0 Å². The average Bonchev–Trinajstić information content (AvgIpc) is 2.71. The number of rotatable bonds is 1. The second-order valence-corrected chi connectivity index (χ2v) is 4.20. The normalized spacial score (nSPS) is 10.9. The number of anilines is 1. The van der Waals surface area contributed by atoms with Crippen molar-refractivity contribution in [1.29, 1.82) is 0 Å². The van der Waals surface area contributed by atoms with Gasteiger partial charge in [0.15, 0.2) is 5.65 Å². The molecule has 0 saturated carbocycles. The van der Waals surface area contributed by atoms with Gasteiger partial charge in [0.1, 0.15) is 16.4 Å². The lowest BCUT2D eigenvalue weighted by Gasteiger charge is -2.03.